The van der Waals surface area contributed by atoms with E-state index in [4.69, 9.17) is 5.11 Å². The minimum absolute atomic E-state index is 0.262. The van der Waals surface area contributed by atoms with E-state index in [9.17, 15) is 4.79 Å². The van der Waals surface area contributed by atoms with Crippen molar-refractivity contribution in [3.8, 4) is 0 Å². The van der Waals surface area contributed by atoms with Crippen molar-refractivity contribution >= 4 is 5.97 Å². The minimum Gasteiger partial charge on any atom is -0.480 e. The van der Waals surface area contributed by atoms with E-state index in [0.717, 1.165) is 16.8 Å². The maximum atomic E-state index is 10.4. The van der Waals surface area contributed by atoms with Gasteiger partial charge in [-0.2, -0.15) is 4.80 Å². The monoisotopic (exact) mass is 233 g/mol. The second-order valence-electron chi connectivity index (χ2n) is 3.49. The number of carboxylic acid groups (broad SMARTS) is 1. The van der Waals surface area contributed by atoms with Gasteiger partial charge >= 0.3 is 5.97 Å². The number of hydrogen-bond acceptors (Lipinski definition) is 5. The van der Waals surface area contributed by atoms with Crippen molar-refractivity contribution in [3.05, 3.63) is 35.9 Å². The van der Waals surface area contributed by atoms with Crippen LogP contribution in [0, 0.1) is 0 Å². The molecular weight excluding hydrogens is 222 g/mol. The Morgan fingerprint density at radius 3 is 2.76 bits per heavy atom. The van der Waals surface area contributed by atoms with E-state index in [1.807, 2.05) is 12.1 Å². The highest BCUT2D eigenvalue weighted by Crippen LogP contribution is 2.01. The van der Waals surface area contributed by atoms with Crippen LogP contribution in [0.2, 0.25) is 0 Å². The van der Waals surface area contributed by atoms with Crippen molar-refractivity contribution in [2.24, 2.45) is 0 Å². The molecule has 88 valence electrons. The summed E-state index contributed by atoms with van der Waals surface area (Å²) in [7, 11) is 0. The van der Waals surface area contributed by atoms with Crippen molar-refractivity contribution in [1.29, 1.82) is 0 Å². The van der Waals surface area contributed by atoms with Crippen molar-refractivity contribution in [2.75, 3.05) is 0 Å². The van der Waals surface area contributed by atoms with Crippen molar-refractivity contribution in [3.63, 3.8) is 0 Å². The normalized spacial score (nSPS) is 10.4. The number of rotatable bonds is 5. The number of tetrazole rings is 1. The van der Waals surface area contributed by atoms with Gasteiger partial charge in [0.1, 0.15) is 0 Å². The maximum absolute atomic E-state index is 10.4. The number of aryl methyl sites for hydroxylation is 2. The van der Waals surface area contributed by atoms with Gasteiger partial charge in [0.2, 0.25) is 0 Å². The quantitative estimate of drug-likeness (QED) is 0.777. The van der Waals surface area contributed by atoms with Crippen LogP contribution in [0.1, 0.15) is 11.4 Å². The summed E-state index contributed by atoms with van der Waals surface area (Å²) in [6.45, 7) is -0.262. The van der Waals surface area contributed by atoms with Gasteiger partial charge in [-0.25, -0.2) is 0 Å². The van der Waals surface area contributed by atoms with Crippen LogP contribution < -0.4 is 0 Å². The molecule has 0 aliphatic rings. The number of aromatic nitrogens is 5. The average molecular weight is 233 g/mol. The number of nitrogens with zero attached hydrogens (tertiary/aromatic N) is 5. The van der Waals surface area contributed by atoms with Crippen LogP contribution in [0.5, 0.6) is 0 Å². The molecule has 0 bridgehead atoms. The average Bonchev–Trinajstić information content (AvgIpc) is 2.75. The highest BCUT2D eigenvalue weighted by atomic mass is 16.4. The molecule has 2 heterocycles. The van der Waals surface area contributed by atoms with Crippen LogP contribution in [0.3, 0.4) is 0 Å². The van der Waals surface area contributed by atoms with E-state index >= 15 is 0 Å². The third-order valence-electron chi connectivity index (χ3n) is 2.16. The van der Waals surface area contributed by atoms with Crippen molar-refractivity contribution < 1.29 is 9.90 Å². The van der Waals surface area contributed by atoms with Gasteiger partial charge in [-0.1, -0.05) is 0 Å². The third kappa shape index (κ3) is 3.33. The number of carbonyl (C=O) groups is 1. The maximum Gasteiger partial charge on any atom is 0.327 e. The lowest BCUT2D eigenvalue weighted by Gasteiger charge is -1.96. The van der Waals surface area contributed by atoms with Gasteiger partial charge in [0.25, 0.3) is 0 Å². The van der Waals surface area contributed by atoms with E-state index in [1.165, 1.54) is 0 Å². The summed E-state index contributed by atoms with van der Waals surface area (Å²) >= 11 is 0. The second kappa shape index (κ2) is 5.15. The summed E-state index contributed by atoms with van der Waals surface area (Å²) in [4.78, 5) is 15.4. The Morgan fingerprint density at radius 2 is 2.06 bits per heavy atom. The summed E-state index contributed by atoms with van der Waals surface area (Å²) in [5.41, 5.74) is 1.13. The summed E-state index contributed by atoms with van der Waals surface area (Å²) in [6.07, 6.45) is 4.86. The Hall–Kier alpha value is -2.31. The van der Waals surface area contributed by atoms with Gasteiger partial charge in [0.05, 0.1) is 0 Å². The molecule has 1 N–H and O–H groups in total. The predicted octanol–water partition coefficient (Wildman–Crippen LogP) is -0.0621. The number of pyridine rings is 1. The molecule has 0 amide bonds. The molecule has 0 atom stereocenters. The molecule has 17 heavy (non-hydrogen) atoms. The van der Waals surface area contributed by atoms with Crippen LogP contribution in [-0.4, -0.2) is 36.3 Å². The molecule has 7 heteroatoms. The minimum atomic E-state index is -0.983. The zero-order chi connectivity index (χ0) is 12.1. The molecule has 0 aliphatic carbocycles. The molecule has 2 aromatic heterocycles. The highest BCUT2D eigenvalue weighted by molar-refractivity contribution is 5.66. The summed E-state index contributed by atoms with van der Waals surface area (Å²) in [6, 6.07) is 3.84. The molecule has 2 rings (SSSR count). The topological polar surface area (TPSA) is 93.8 Å². The Bertz CT molecular complexity index is 496. The zero-order valence-electron chi connectivity index (χ0n) is 9.02. The highest BCUT2D eigenvalue weighted by Gasteiger charge is 2.06. The van der Waals surface area contributed by atoms with Crippen molar-refractivity contribution in [1.82, 2.24) is 25.2 Å². The Balaban J connectivity index is 1.91. The van der Waals surface area contributed by atoms with Crippen LogP contribution in [0.4, 0.5) is 0 Å². The molecule has 0 aliphatic heterocycles. The lowest BCUT2D eigenvalue weighted by atomic mass is 10.1. The summed E-state index contributed by atoms with van der Waals surface area (Å²) < 4.78 is 0. The van der Waals surface area contributed by atoms with Crippen LogP contribution in [-0.2, 0) is 24.2 Å². The van der Waals surface area contributed by atoms with Gasteiger partial charge < -0.3 is 5.11 Å². The molecule has 0 unspecified atom stereocenters. The van der Waals surface area contributed by atoms with Crippen LogP contribution in [0.15, 0.2) is 24.5 Å². The Labute approximate surface area is 97.1 Å². The van der Waals surface area contributed by atoms with E-state index in [2.05, 4.69) is 20.4 Å². The van der Waals surface area contributed by atoms with E-state index in [0.29, 0.717) is 12.2 Å². The Kier molecular flexibility index (Phi) is 3.39. The van der Waals surface area contributed by atoms with Crippen molar-refractivity contribution in [2.45, 2.75) is 19.4 Å². The fourth-order valence-electron chi connectivity index (χ4n) is 1.37. The standard InChI is InChI=1S/C10H11N5O2/c16-10(17)7-15-13-9(12-14-15)2-1-8-3-5-11-6-4-8/h3-6H,1-2,7H2,(H,16,17). The largest absolute Gasteiger partial charge is 0.480 e. The molecule has 0 radical (unpaired) electrons. The summed E-state index contributed by atoms with van der Waals surface area (Å²) in [5.74, 6) is -0.439. The second-order valence-corrected chi connectivity index (χ2v) is 3.49. The van der Waals surface area contributed by atoms with Gasteiger partial charge in [-0.05, 0) is 29.3 Å². The molecule has 0 aromatic carbocycles. The van der Waals surface area contributed by atoms with Crippen LogP contribution in [0.25, 0.3) is 0 Å². The predicted molar refractivity (Wildman–Crippen MR) is 57.1 cm³/mol. The first-order valence-corrected chi connectivity index (χ1v) is 5.11. The van der Waals surface area contributed by atoms with Gasteiger partial charge in [-0.3, -0.25) is 9.78 Å². The number of hydrogen-bond donors (Lipinski definition) is 1. The third-order valence-corrected chi connectivity index (χ3v) is 2.16. The molecule has 0 saturated heterocycles. The summed E-state index contributed by atoms with van der Waals surface area (Å²) in [5, 5.41) is 20.0. The van der Waals surface area contributed by atoms with E-state index in [-0.39, 0.29) is 6.54 Å². The molecule has 0 saturated carbocycles. The fourth-order valence-corrected chi connectivity index (χ4v) is 1.37. The lowest BCUT2D eigenvalue weighted by molar-refractivity contribution is -0.138. The SMILES string of the molecule is O=C(O)Cn1nnc(CCc2ccncc2)n1. The number of carboxylic acids is 1. The fraction of sp³-hybridized carbons (Fsp3) is 0.300. The van der Waals surface area contributed by atoms with E-state index < -0.39 is 5.97 Å². The first-order chi connectivity index (χ1) is 8.24. The smallest absolute Gasteiger partial charge is 0.327 e. The first-order valence-electron chi connectivity index (χ1n) is 5.11. The van der Waals surface area contributed by atoms with Crippen LogP contribution >= 0.6 is 0 Å². The molecular formula is C10H11N5O2. The number of aliphatic carboxylic acids is 1. The molecule has 7 nitrogen and oxygen atoms in total. The molecule has 2 aromatic rings. The first kappa shape index (κ1) is 11.2. The zero-order valence-corrected chi connectivity index (χ0v) is 9.02. The molecule has 0 spiro atoms. The van der Waals surface area contributed by atoms with Gasteiger partial charge in [-0.15, -0.1) is 10.2 Å². The molecule has 0 fully saturated rings. The van der Waals surface area contributed by atoms with E-state index in [1.54, 1.807) is 12.4 Å². The Morgan fingerprint density at radius 1 is 1.29 bits per heavy atom. The lowest BCUT2D eigenvalue weighted by Crippen LogP contribution is -2.11. The van der Waals surface area contributed by atoms with Gasteiger partial charge in [0.15, 0.2) is 12.4 Å². The van der Waals surface area contributed by atoms with Gasteiger partial charge in [0, 0.05) is 18.8 Å².